The van der Waals surface area contributed by atoms with Crippen LogP contribution in [0.5, 0.6) is 0 Å². The van der Waals surface area contributed by atoms with Crippen molar-refractivity contribution in [3.8, 4) is 16.9 Å². The number of carbonyl (C=O) groups excluding carboxylic acids is 2. The molecule has 8 nitrogen and oxygen atoms in total. The third-order valence-electron chi connectivity index (χ3n) is 4.11. The molecule has 2 N–H and O–H groups in total. The maximum Gasteiger partial charge on any atom is 0.488 e. The first kappa shape index (κ1) is 19.3. The number of benzene rings is 2. The van der Waals surface area contributed by atoms with Crippen molar-refractivity contribution in [3.05, 3.63) is 65.9 Å². The minimum absolute atomic E-state index is 0.0808. The minimum Gasteiger partial charge on any atom is -0.465 e. The Labute approximate surface area is 161 Å². The Morgan fingerprint density at radius 1 is 0.964 bits per heavy atom. The van der Waals surface area contributed by atoms with Crippen molar-refractivity contribution in [2.45, 2.75) is 0 Å². The molecule has 0 spiro atoms. The van der Waals surface area contributed by atoms with Gasteiger partial charge >= 0.3 is 19.1 Å². The zero-order valence-electron chi connectivity index (χ0n) is 15.2. The van der Waals surface area contributed by atoms with Gasteiger partial charge in [-0.3, -0.25) is 0 Å². The zero-order valence-corrected chi connectivity index (χ0v) is 15.2. The summed E-state index contributed by atoms with van der Waals surface area (Å²) in [5.74, 6) is -1.53. The smallest absolute Gasteiger partial charge is 0.465 e. The molecule has 0 saturated heterocycles. The first-order valence-electron chi connectivity index (χ1n) is 8.29. The summed E-state index contributed by atoms with van der Waals surface area (Å²) in [5.41, 5.74) is 1.14. The molecule has 0 amide bonds. The highest BCUT2D eigenvalue weighted by atomic mass is 16.5. The van der Waals surface area contributed by atoms with Crippen LogP contribution in [0.1, 0.15) is 20.8 Å². The van der Waals surface area contributed by atoms with E-state index in [0.29, 0.717) is 11.3 Å². The predicted octanol–water partition coefficient (Wildman–Crippen LogP) is 0.792. The van der Waals surface area contributed by atoms with Gasteiger partial charge in [0.25, 0.3) is 0 Å². The molecule has 0 saturated carbocycles. The van der Waals surface area contributed by atoms with Gasteiger partial charge in [-0.2, -0.15) is 5.10 Å². The first-order valence-corrected chi connectivity index (χ1v) is 8.29. The van der Waals surface area contributed by atoms with Crippen molar-refractivity contribution >= 4 is 24.5 Å². The Hall–Kier alpha value is -3.43. The van der Waals surface area contributed by atoms with E-state index >= 15 is 0 Å². The molecule has 2 aromatic carbocycles. The molecule has 3 rings (SSSR count). The summed E-state index contributed by atoms with van der Waals surface area (Å²) in [7, 11) is 0.701. The molecule has 0 aliphatic rings. The number of aromatic nitrogens is 2. The molecular formula is C19H17BN2O6. The fourth-order valence-corrected chi connectivity index (χ4v) is 2.80. The lowest BCUT2D eigenvalue weighted by atomic mass is 9.79. The van der Waals surface area contributed by atoms with Gasteiger partial charge < -0.3 is 19.5 Å². The highest BCUT2D eigenvalue weighted by Crippen LogP contribution is 2.28. The monoisotopic (exact) mass is 380 g/mol. The number of rotatable bonds is 5. The second-order valence-corrected chi connectivity index (χ2v) is 5.80. The van der Waals surface area contributed by atoms with Gasteiger partial charge in [0.05, 0.1) is 19.9 Å². The molecule has 1 heterocycles. The minimum atomic E-state index is -1.70. The topological polar surface area (TPSA) is 111 Å². The van der Waals surface area contributed by atoms with Gasteiger partial charge in [-0.25, -0.2) is 14.3 Å². The molecule has 3 aromatic rings. The molecule has 0 bridgehead atoms. The largest absolute Gasteiger partial charge is 0.488 e. The van der Waals surface area contributed by atoms with Crippen molar-refractivity contribution in [2.75, 3.05) is 14.2 Å². The fourth-order valence-electron chi connectivity index (χ4n) is 2.80. The van der Waals surface area contributed by atoms with E-state index in [9.17, 15) is 19.6 Å². The van der Waals surface area contributed by atoms with Gasteiger partial charge in [-0.05, 0) is 17.6 Å². The number of nitrogens with zero attached hydrogens (tertiary/aromatic N) is 2. The SMILES string of the molecule is COC(=O)c1c(-c2cccc(B(O)O)c2)nn(-c2ccccc2)c1C(=O)OC. The average molecular weight is 380 g/mol. The van der Waals surface area contributed by atoms with Gasteiger partial charge in [0.1, 0.15) is 11.3 Å². The highest BCUT2D eigenvalue weighted by molar-refractivity contribution is 6.58. The number of carbonyl (C=O) groups is 2. The third kappa shape index (κ3) is 3.53. The second-order valence-electron chi connectivity index (χ2n) is 5.80. The molecular weight excluding hydrogens is 363 g/mol. The van der Waals surface area contributed by atoms with Crippen LogP contribution in [-0.4, -0.2) is 53.1 Å². The zero-order chi connectivity index (χ0) is 20.3. The summed E-state index contributed by atoms with van der Waals surface area (Å²) >= 11 is 0. The maximum atomic E-state index is 12.5. The number of hydrogen-bond acceptors (Lipinski definition) is 7. The number of para-hydroxylation sites is 1. The molecule has 142 valence electrons. The molecule has 28 heavy (non-hydrogen) atoms. The van der Waals surface area contributed by atoms with Crippen molar-refractivity contribution in [1.29, 1.82) is 0 Å². The van der Waals surface area contributed by atoms with Crippen LogP contribution in [0.25, 0.3) is 16.9 Å². The van der Waals surface area contributed by atoms with Crippen LogP contribution in [0, 0.1) is 0 Å². The van der Waals surface area contributed by atoms with Crippen molar-refractivity contribution < 1.29 is 29.1 Å². The highest BCUT2D eigenvalue weighted by Gasteiger charge is 2.31. The van der Waals surface area contributed by atoms with Crippen LogP contribution < -0.4 is 5.46 Å². The van der Waals surface area contributed by atoms with Crippen molar-refractivity contribution in [3.63, 3.8) is 0 Å². The van der Waals surface area contributed by atoms with E-state index < -0.39 is 19.1 Å². The number of esters is 2. The molecule has 1 aromatic heterocycles. The number of hydrogen-bond donors (Lipinski definition) is 2. The average Bonchev–Trinajstić information content (AvgIpc) is 3.14. The lowest BCUT2D eigenvalue weighted by Crippen LogP contribution is -2.29. The van der Waals surface area contributed by atoms with Crippen LogP contribution in [0.2, 0.25) is 0 Å². The third-order valence-corrected chi connectivity index (χ3v) is 4.11. The Balaban J connectivity index is 2.34. The van der Waals surface area contributed by atoms with Crippen molar-refractivity contribution in [2.24, 2.45) is 0 Å². The van der Waals surface area contributed by atoms with E-state index in [0.717, 1.165) is 0 Å². The molecule has 0 aliphatic heterocycles. The first-order chi connectivity index (χ1) is 13.5. The van der Waals surface area contributed by atoms with E-state index in [-0.39, 0.29) is 22.4 Å². The van der Waals surface area contributed by atoms with Gasteiger partial charge in [-0.15, -0.1) is 0 Å². The number of ether oxygens (including phenoxy) is 2. The lowest BCUT2D eigenvalue weighted by Gasteiger charge is -2.07. The van der Waals surface area contributed by atoms with E-state index in [2.05, 4.69) is 5.10 Å². The quantitative estimate of drug-likeness (QED) is 0.497. The van der Waals surface area contributed by atoms with Gasteiger partial charge in [0.15, 0.2) is 5.69 Å². The summed E-state index contributed by atoms with van der Waals surface area (Å²) in [6.07, 6.45) is 0. The maximum absolute atomic E-state index is 12.5. The summed E-state index contributed by atoms with van der Waals surface area (Å²) in [5, 5.41) is 23.3. The molecule has 0 unspecified atom stereocenters. The summed E-state index contributed by atoms with van der Waals surface area (Å²) in [6.45, 7) is 0. The van der Waals surface area contributed by atoms with E-state index in [4.69, 9.17) is 9.47 Å². The van der Waals surface area contributed by atoms with Gasteiger partial charge in [0.2, 0.25) is 0 Å². The Bertz CT molecular complexity index is 1020. The summed E-state index contributed by atoms with van der Waals surface area (Å²) in [4.78, 5) is 25.0. The van der Waals surface area contributed by atoms with Crippen LogP contribution in [0.3, 0.4) is 0 Å². The van der Waals surface area contributed by atoms with Crippen LogP contribution in [0.4, 0.5) is 0 Å². The molecule has 0 atom stereocenters. The van der Waals surface area contributed by atoms with E-state index in [1.165, 1.54) is 31.0 Å². The lowest BCUT2D eigenvalue weighted by molar-refractivity contribution is 0.0549. The summed E-state index contributed by atoms with van der Waals surface area (Å²) in [6, 6.07) is 15.0. The Morgan fingerprint density at radius 2 is 1.64 bits per heavy atom. The fraction of sp³-hybridized carbons (Fsp3) is 0.105. The molecule has 9 heteroatoms. The predicted molar refractivity (Wildman–Crippen MR) is 102 cm³/mol. The van der Waals surface area contributed by atoms with Crippen molar-refractivity contribution in [1.82, 2.24) is 9.78 Å². The Kier molecular flexibility index (Phi) is 5.58. The molecule has 0 aliphatic carbocycles. The van der Waals surface area contributed by atoms with Crippen LogP contribution >= 0.6 is 0 Å². The van der Waals surface area contributed by atoms with Gasteiger partial charge in [-0.1, -0.05) is 42.5 Å². The van der Waals surface area contributed by atoms with Crippen LogP contribution in [0.15, 0.2) is 54.6 Å². The Morgan fingerprint density at radius 3 is 2.25 bits per heavy atom. The normalized spacial score (nSPS) is 10.4. The summed E-state index contributed by atoms with van der Waals surface area (Å²) < 4.78 is 11.0. The van der Waals surface area contributed by atoms with Crippen LogP contribution in [-0.2, 0) is 9.47 Å². The molecule has 0 fully saturated rings. The second kappa shape index (κ2) is 8.07. The standard InChI is InChI=1S/C19H17BN2O6/c1-27-18(23)15-16(12-7-6-8-13(11-12)20(25)26)21-22(17(15)19(24)28-2)14-9-4-3-5-10-14/h3-11,25-26H,1-2H3. The van der Waals surface area contributed by atoms with E-state index in [1.54, 1.807) is 42.5 Å². The molecule has 0 radical (unpaired) electrons. The van der Waals surface area contributed by atoms with Gasteiger partial charge in [0, 0.05) is 5.56 Å². The number of methoxy groups -OCH3 is 2. The van der Waals surface area contributed by atoms with E-state index in [1.807, 2.05) is 0 Å².